The molecule has 0 atom stereocenters. The summed E-state index contributed by atoms with van der Waals surface area (Å²) in [6, 6.07) is 1.73. The smallest absolute Gasteiger partial charge is 0.134 e. The van der Waals surface area contributed by atoms with Gasteiger partial charge in [-0.2, -0.15) is 5.10 Å². The highest BCUT2D eigenvalue weighted by Gasteiger charge is 2.03. The number of hydrogen-bond donors (Lipinski definition) is 1. The van der Waals surface area contributed by atoms with Gasteiger partial charge in [0.15, 0.2) is 0 Å². The minimum Gasteiger partial charge on any atom is -0.366 e. The molecule has 0 bridgehead atoms. The van der Waals surface area contributed by atoms with E-state index in [1.54, 1.807) is 10.7 Å². The van der Waals surface area contributed by atoms with E-state index in [9.17, 15) is 0 Å². The van der Waals surface area contributed by atoms with E-state index in [-0.39, 0.29) is 0 Å². The van der Waals surface area contributed by atoms with Crippen LogP contribution in [0.2, 0.25) is 5.15 Å². The number of nitrogens with zero attached hydrogens (tertiary/aromatic N) is 4. The van der Waals surface area contributed by atoms with Crippen molar-refractivity contribution in [2.75, 3.05) is 5.32 Å². The van der Waals surface area contributed by atoms with Gasteiger partial charge in [0.25, 0.3) is 0 Å². The molecule has 0 saturated carbocycles. The van der Waals surface area contributed by atoms with Crippen molar-refractivity contribution in [2.24, 2.45) is 7.05 Å². The number of aromatic nitrogens is 4. The number of nitrogens with one attached hydrogen (secondary N) is 1. The Bertz CT molecular complexity index is 523. The first-order valence-electron chi connectivity index (χ1n) is 5.92. The van der Waals surface area contributed by atoms with Crippen LogP contribution in [-0.4, -0.2) is 19.7 Å². The normalized spacial score (nSPS) is 10.6. The van der Waals surface area contributed by atoms with E-state index in [0.717, 1.165) is 30.0 Å². The maximum atomic E-state index is 5.96. The predicted molar refractivity (Wildman–Crippen MR) is 71.6 cm³/mol. The fourth-order valence-corrected chi connectivity index (χ4v) is 1.85. The molecule has 0 radical (unpaired) electrons. The SMILES string of the molecule is CCCc1nc(Cl)cc(NCc2cnn(C)c2)n1. The molecule has 0 fully saturated rings. The summed E-state index contributed by atoms with van der Waals surface area (Å²) in [5.41, 5.74) is 1.10. The lowest BCUT2D eigenvalue weighted by Gasteiger charge is -2.06. The summed E-state index contributed by atoms with van der Waals surface area (Å²) in [7, 11) is 1.89. The lowest BCUT2D eigenvalue weighted by molar-refractivity contribution is 0.767. The maximum absolute atomic E-state index is 5.96. The van der Waals surface area contributed by atoms with Crippen molar-refractivity contribution in [1.82, 2.24) is 19.7 Å². The first-order chi connectivity index (χ1) is 8.67. The average molecular weight is 266 g/mol. The van der Waals surface area contributed by atoms with Crippen LogP contribution < -0.4 is 5.32 Å². The monoisotopic (exact) mass is 265 g/mol. The van der Waals surface area contributed by atoms with Crippen molar-refractivity contribution < 1.29 is 0 Å². The summed E-state index contributed by atoms with van der Waals surface area (Å²) < 4.78 is 1.77. The Morgan fingerprint density at radius 2 is 2.22 bits per heavy atom. The second-order valence-corrected chi connectivity index (χ2v) is 4.51. The summed E-state index contributed by atoms with van der Waals surface area (Å²) in [6.45, 7) is 2.76. The van der Waals surface area contributed by atoms with Gasteiger partial charge in [0, 0.05) is 37.8 Å². The van der Waals surface area contributed by atoms with Gasteiger partial charge in [-0.25, -0.2) is 9.97 Å². The first kappa shape index (κ1) is 12.8. The third-order valence-corrected chi connectivity index (χ3v) is 2.64. The Labute approximate surface area is 111 Å². The van der Waals surface area contributed by atoms with Crippen molar-refractivity contribution in [2.45, 2.75) is 26.3 Å². The molecule has 0 aromatic carbocycles. The molecular weight excluding hydrogens is 250 g/mol. The predicted octanol–water partition coefficient (Wildman–Crippen LogP) is 2.43. The van der Waals surface area contributed by atoms with E-state index in [1.165, 1.54) is 0 Å². The Kier molecular flexibility index (Phi) is 4.15. The highest BCUT2D eigenvalue weighted by molar-refractivity contribution is 6.29. The molecule has 1 N–H and O–H groups in total. The molecule has 0 aliphatic heterocycles. The molecule has 0 amide bonds. The van der Waals surface area contributed by atoms with Gasteiger partial charge in [-0.1, -0.05) is 18.5 Å². The van der Waals surface area contributed by atoms with Crippen molar-refractivity contribution >= 4 is 17.4 Å². The molecule has 0 unspecified atom stereocenters. The molecule has 0 spiro atoms. The Morgan fingerprint density at radius 1 is 1.39 bits per heavy atom. The highest BCUT2D eigenvalue weighted by Crippen LogP contribution is 2.13. The Morgan fingerprint density at radius 3 is 2.89 bits per heavy atom. The first-order valence-corrected chi connectivity index (χ1v) is 6.30. The van der Waals surface area contributed by atoms with Gasteiger partial charge in [0.2, 0.25) is 0 Å². The number of aryl methyl sites for hydroxylation is 2. The van der Waals surface area contributed by atoms with Crippen molar-refractivity contribution in [3.8, 4) is 0 Å². The van der Waals surface area contributed by atoms with Crippen LogP contribution in [0.4, 0.5) is 5.82 Å². The van der Waals surface area contributed by atoms with Crippen LogP contribution in [-0.2, 0) is 20.0 Å². The van der Waals surface area contributed by atoms with Crippen LogP contribution >= 0.6 is 11.6 Å². The Balaban J connectivity index is 2.04. The lowest BCUT2D eigenvalue weighted by atomic mass is 10.3. The molecule has 0 saturated heterocycles. The number of hydrogen-bond acceptors (Lipinski definition) is 4. The summed E-state index contributed by atoms with van der Waals surface area (Å²) in [6.07, 6.45) is 5.62. The Hall–Kier alpha value is -1.62. The molecule has 2 heterocycles. The topological polar surface area (TPSA) is 55.6 Å². The van der Waals surface area contributed by atoms with Crippen LogP contribution in [0.25, 0.3) is 0 Å². The van der Waals surface area contributed by atoms with Gasteiger partial charge >= 0.3 is 0 Å². The van der Waals surface area contributed by atoms with Crippen molar-refractivity contribution in [3.05, 3.63) is 35.0 Å². The average Bonchev–Trinajstić information content (AvgIpc) is 2.72. The highest BCUT2D eigenvalue weighted by atomic mass is 35.5. The second-order valence-electron chi connectivity index (χ2n) is 4.12. The minimum absolute atomic E-state index is 0.474. The van der Waals surface area contributed by atoms with Crippen LogP contribution in [0.1, 0.15) is 24.7 Å². The number of halogens is 1. The zero-order valence-electron chi connectivity index (χ0n) is 10.5. The maximum Gasteiger partial charge on any atom is 0.134 e. The standard InChI is InChI=1S/C12H16ClN5/c1-3-4-11-16-10(13)5-12(17-11)14-6-9-7-15-18(2)8-9/h5,7-8H,3-4,6H2,1-2H3,(H,14,16,17). The van der Waals surface area contributed by atoms with E-state index < -0.39 is 0 Å². The van der Waals surface area contributed by atoms with E-state index in [2.05, 4.69) is 27.3 Å². The molecule has 5 nitrogen and oxygen atoms in total. The van der Waals surface area contributed by atoms with Gasteiger partial charge in [-0.15, -0.1) is 0 Å². The summed E-state index contributed by atoms with van der Waals surface area (Å²) in [5.74, 6) is 1.53. The van der Waals surface area contributed by atoms with Crippen LogP contribution in [0.3, 0.4) is 0 Å². The molecule has 6 heteroatoms. The second kappa shape index (κ2) is 5.82. The number of rotatable bonds is 5. The molecular formula is C12H16ClN5. The zero-order chi connectivity index (χ0) is 13.0. The van der Waals surface area contributed by atoms with Gasteiger partial charge < -0.3 is 5.32 Å². The van der Waals surface area contributed by atoms with Crippen LogP contribution in [0.15, 0.2) is 18.5 Å². The fourth-order valence-electron chi connectivity index (χ4n) is 1.65. The largest absolute Gasteiger partial charge is 0.366 e. The molecule has 18 heavy (non-hydrogen) atoms. The summed E-state index contributed by atoms with van der Waals surface area (Å²) >= 11 is 5.96. The third kappa shape index (κ3) is 3.43. The fraction of sp³-hybridized carbons (Fsp3) is 0.417. The van der Waals surface area contributed by atoms with E-state index in [4.69, 9.17) is 11.6 Å². The van der Waals surface area contributed by atoms with E-state index >= 15 is 0 Å². The van der Waals surface area contributed by atoms with Gasteiger partial charge in [-0.05, 0) is 6.42 Å². The van der Waals surface area contributed by atoms with Crippen LogP contribution in [0.5, 0.6) is 0 Å². The van der Waals surface area contributed by atoms with Gasteiger partial charge in [0.1, 0.15) is 16.8 Å². The molecule has 0 aliphatic carbocycles. The third-order valence-electron chi connectivity index (χ3n) is 2.45. The zero-order valence-corrected chi connectivity index (χ0v) is 11.3. The number of anilines is 1. The lowest BCUT2D eigenvalue weighted by Crippen LogP contribution is -2.04. The van der Waals surface area contributed by atoms with Crippen molar-refractivity contribution in [3.63, 3.8) is 0 Å². The van der Waals surface area contributed by atoms with Gasteiger partial charge in [0.05, 0.1) is 6.20 Å². The minimum atomic E-state index is 0.474. The van der Waals surface area contributed by atoms with Crippen molar-refractivity contribution in [1.29, 1.82) is 0 Å². The molecule has 0 aliphatic rings. The van der Waals surface area contributed by atoms with Gasteiger partial charge in [-0.3, -0.25) is 4.68 Å². The molecule has 2 aromatic rings. The quantitative estimate of drug-likeness (QED) is 0.844. The van der Waals surface area contributed by atoms with E-state index in [1.807, 2.05) is 19.4 Å². The molecule has 2 aromatic heterocycles. The van der Waals surface area contributed by atoms with E-state index in [0.29, 0.717) is 11.7 Å². The summed E-state index contributed by atoms with van der Waals surface area (Å²) in [4.78, 5) is 8.59. The summed E-state index contributed by atoms with van der Waals surface area (Å²) in [5, 5.41) is 7.81. The molecule has 96 valence electrons. The van der Waals surface area contributed by atoms with Crippen LogP contribution in [0, 0.1) is 0 Å². The molecule has 2 rings (SSSR count).